The van der Waals surface area contributed by atoms with Gasteiger partial charge < -0.3 is 5.32 Å². The summed E-state index contributed by atoms with van der Waals surface area (Å²) in [6.07, 6.45) is 2.99. The molecule has 0 aromatic heterocycles. The van der Waals surface area contributed by atoms with Crippen LogP contribution in [0.1, 0.15) is 25.7 Å². The van der Waals surface area contributed by atoms with Gasteiger partial charge in [0.25, 0.3) is 0 Å². The first kappa shape index (κ1) is 8.41. The second-order valence-corrected chi connectivity index (χ2v) is 4.51. The molecule has 3 saturated heterocycles. The van der Waals surface area contributed by atoms with Crippen molar-refractivity contribution in [3.63, 3.8) is 0 Å². The number of hydrogen-bond acceptors (Lipinski definition) is 3. The topological polar surface area (TPSA) is 49.4 Å². The lowest BCUT2D eigenvalue weighted by atomic mass is 9.78. The second-order valence-electron chi connectivity index (χ2n) is 4.51. The minimum absolute atomic E-state index is 0.0460. The third-order valence-corrected chi connectivity index (χ3v) is 3.71. The van der Waals surface area contributed by atoms with Gasteiger partial charge in [0.05, 0.1) is 6.04 Å². The van der Waals surface area contributed by atoms with E-state index in [0.717, 1.165) is 19.4 Å². The second kappa shape index (κ2) is 2.79. The van der Waals surface area contributed by atoms with Crippen molar-refractivity contribution in [1.29, 1.82) is 0 Å². The van der Waals surface area contributed by atoms with Crippen LogP contribution >= 0.6 is 0 Å². The Labute approximate surface area is 82.6 Å². The number of hydrogen-bond donors (Lipinski definition) is 1. The molecule has 3 atom stereocenters. The zero-order valence-corrected chi connectivity index (χ0v) is 8.03. The van der Waals surface area contributed by atoms with Gasteiger partial charge in [0.1, 0.15) is 0 Å². The van der Waals surface area contributed by atoms with Crippen molar-refractivity contribution in [3.8, 4) is 0 Å². The molecule has 3 aliphatic heterocycles. The minimum Gasteiger partial charge on any atom is -0.312 e. The third-order valence-electron chi connectivity index (χ3n) is 3.71. The number of fused-ring (bicyclic) bond motifs is 1. The van der Waals surface area contributed by atoms with Crippen molar-refractivity contribution in [3.05, 3.63) is 0 Å². The first-order valence-electron chi connectivity index (χ1n) is 5.35. The molecule has 4 heteroatoms. The molecule has 4 aliphatic rings. The molecule has 2 amide bonds. The minimum atomic E-state index is 0.0460. The molecule has 1 N–H and O–H groups in total. The zero-order chi connectivity index (χ0) is 9.71. The largest absolute Gasteiger partial charge is 0.312 e. The molecule has 4 nitrogen and oxygen atoms in total. The Balaban J connectivity index is 1.82. The van der Waals surface area contributed by atoms with Crippen LogP contribution in [0.2, 0.25) is 0 Å². The van der Waals surface area contributed by atoms with E-state index >= 15 is 0 Å². The number of piperidine rings is 1. The number of carbonyl (C=O) groups excluding carboxylic acids is 2. The lowest BCUT2D eigenvalue weighted by molar-refractivity contribution is -0.154. The molecular formula is C10H14N2O2. The summed E-state index contributed by atoms with van der Waals surface area (Å²) in [5.74, 6) is 0.625. The van der Waals surface area contributed by atoms with Crippen LogP contribution in [0.5, 0.6) is 0 Å². The Hall–Kier alpha value is -0.900. The highest BCUT2D eigenvalue weighted by molar-refractivity contribution is 5.98. The maximum Gasteiger partial charge on any atom is 0.229 e. The molecule has 2 bridgehead atoms. The lowest BCUT2D eigenvalue weighted by Gasteiger charge is -2.43. The van der Waals surface area contributed by atoms with Crippen molar-refractivity contribution in [2.45, 2.75) is 37.8 Å². The van der Waals surface area contributed by atoms with Crippen molar-refractivity contribution in [2.75, 3.05) is 6.54 Å². The fourth-order valence-corrected chi connectivity index (χ4v) is 2.94. The molecule has 76 valence electrons. The maximum atomic E-state index is 11.6. The quantitative estimate of drug-likeness (QED) is 0.592. The number of likely N-dealkylation sites (tertiary alicyclic amines) is 1. The molecule has 4 fully saturated rings. The summed E-state index contributed by atoms with van der Waals surface area (Å²) in [7, 11) is 0. The van der Waals surface area contributed by atoms with Gasteiger partial charge in [0.2, 0.25) is 11.8 Å². The van der Waals surface area contributed by atoms with Gasteiger partial charge >= 0.3 is 0 Å². The van der Waals surface area contributed by atoms with Gasteiger partial charge in [-0.25, -0.2) is 0 Å². The SMILES string of the molecule is O=C1CCCC(=O)N1C1C2CNC1C2. The van der Waals surface area contributed by atoms with Gasteiger partial charge in [-0.3, -0.25) is 14.5 Å². The van der Waals surface area contributed by atoms with E-state index in [-0.39, 0.29) is 17.9 Å². The summed E-state index contributed by atoms with van der Waals surface area (Å²) in [4.78, 5) is 24.8. The first-order valence-corrected chi connectivity index (χ1v) is 5.35. The van der Waals surface area contributed by atoms with E-state index in [1.807, 2.05) is 0 Å². The van der Waals surface area contributed by atoms with E-state index in [2.05, 4.69) is 5.32 Å². The van der Waals surface area contributed by atoms with Crippen molar-refractivity contribution < 1.29 is 9.59 Å². The average Bonchev–Trinajstić information content (AvgIpc) is 2.72. The summed E-state index contributed by atoms with van der Waals surface area (Å²) >= 11 is 0. The molecule has 1 saturated carbocycles. The molecule has 0 radical (unpaired) electrons. The Morgan fingerprint density at radius 1 is 1.21 bits per heavy atom. The van der Waals surface area contributed by atoms with E-state index in [4.69, 9.17) is 0 Å². The number of imide groups is 1. The summed E-state index contributed by atoms with van der Waals surface area (Å²) in [6.45, 7) is 0.979. The van der Waals surface area contributed by atoms with E-state index in [1.54, 1.807) is 4.90 Å². The normalized spacial score (nSPS) is 41.4. The predicted octanol–water partition coefficient (Wildman–Crippen LogP) is -0.114. The van der Waals surface area contributed by atoms with Crippen molar-refractivity contribution >= 4 is 11.8 Å². The Morgan fingerprint density at radius 2 is 1.93 bits per heavy atom. The van der Waals surface area contributed by atoms with Crippen LogP contribution in [0.3, 0.4) is 0 Å². The zero-order valence-electron chi connectivity index (χ0n) is 8.03. The Bertz CT molecular complexity index is 272. The maximum absolute atomic E-state index is 11.6. The van der Waals surface area contributed by atoms with Crippen molar-refractivity contribution in [2.24, 2.45) is 5.92 Å². The van der Waals surface area contributed by atoms with Crippen LogP contribution in [-0.4, -0.2) is 35.3 Å². The molecule has 0 spiro atoms. The summed E-state index contributed by atoms with van der Waals surface area (Å²) < 4.78 is 0. The van der Waals surface area contributed by atoms with E-state index in [1.165, 1.54) is 0 Å². The molecule has 1 aliphatic carbocycles. The van der Waals surface area contributed by atoms with Crippen LogP contribution in [0, 0.1) is 5.92 Å². The first-order chi connectivity index (χ1) is 6.77. The molecule has 14 heavy (non-hydrogen) atoms. The number of rotatable bonds is 1. The number of nitrogens with one attached hydrogen (secondary N) is 1. The Morgan fingerprint density at radius 3 is 2.43 bits per heavy atom. The fourth-order valence-electron chi connectivity index (χ4n) is 2.94. The van der Waals surface area contributed by atoms with Crippen LogP contribution in [0.25, 0.3) is 0 Å². The summed E-state index contributed by atoms with van der Waals surface area (Å²) in [5, 5.41) is 3.34. The van der Waals surface area contributed by atoms with Crippen LogP contribution < -0.4 is 5.32 Å². The standard InChI is InChI=1S/C10H14N2O2/c13-8-2-1-3-9(14)12(8)10-6-4-7(10)11-5-6/h6-7,10-11H,1-5H2. The van der Waals surface area contributed by atoms with E-state index in [0.29, 0.717) is 24.8 Å². The number of carbonyl (C=O) groups is 2. The lowest BCUT2D eigenvalue weighted by Crippen LogP contribution is -2.59. The average molecular weight is 194 g/mol. The molecule has 0 aromatic rings. The molecule has 3 heterocycles. The fraction of sp³-hybridized carbons (Fsp3) is 0.800. The molecular weight excluding hydrogens is 180 g/mol. The molecule has 3 unspecified atom stereocenters. The van der Waals surface area contributed by atoms with Gasteiger partial charge in [-0.2, -0.15) is 0 Å². The van der Waals surface area contributed by atoms with E-state index < -0.39 is 0 Å². The highest BCUT2D eigenvalue weighted by Crippen LogP contribution is 2.39. The molecule has 4 rings (SSSR count). The number of amides is 2. The smallest absolute Gasteiger partial charge is 0.229 e. The Kier molecular flexibility index (Phi) is 1.68. The highest BCUT2D eigenvalue weighted by Gasteiger charge is 2.52. The van der Waals surface area contributed by atoms with Gasteiger partial charge in [0, 0.05) is 25.4 Å². The van der Waals surface area contributed by atoms with Gasteiger partial charge in [-0.1, -0.05) is 0 Å². The van der Waals surface area contributed by atoms with Gasteiger partial charge in [0.15, 0.2) is 0 Å². The number of nitrogens with zero attached hydrogens (tertiary/aromatic N) is 1. The van der Waals surface area contributed by atoms with Gasteiger partial charge in [-0.05, 0) is 18.8 Å². The molecule has 0 aromatic carbocycles. The van der Waals surface area contributed by atoms with Crippen LogP contribution in [0.15, 0.2) is 0 Å². The summed E-state index contributed by atoms with van der Waals surface area (Å²) in [5.41, 5.74) is 0. The third kappa shape index (κ3) is 0.974. The van der Waals surface area contributed by atoms with Crippen LogP contribution in [0.4, 0.5) is 0 Å². The monoisotopic (exact) mass is 194 g/mol. The summed E-state index contributed by atoms with van der Waals surface area (Å²) in [6, 6.07) is 0.585. The van der Waals surface area contributed by atoms with Crippen LogP contribution in [-0.2, 0) is 9.59 Å². The van der Waals surface area contributed by atoms with Crippen molar-refractivity contribution in [1.82, 2.24) is 10.2 Å². The van der Waals surface area contributed by atoms with Gasteiger partial charge in [-0.15, -0.1) is 0 Å². The predicted molar refractivity (Wildman–Crippen MR) is 49.4 cm³/mol. The highest BCUT2D eigenvalue weighted by atomic mass is 16.2. The van der Waals surface area contributed by atoms with E-state index in [9.17, 15) is 9.59 Å².